The van der Waals surface area contributed by atoms with Crippen LogP contribution in [0.4, 0.5) is 18.9 Å². The van der Waals surface area contributed by atoms with Crippen molar-refractivity contribution in [2.24, 2.45) is 5.73 Å². The average Bonchev–Trinajstić information content (AvgIpc) is 2.40. The monoisotopic (exact) mass is 317 g/mol. The van der Waals surface area contributed by atoms with Gasteiger partial charge in [-0.15, -0.1) is 0 Å². The molecule has 1 aliphatic rings. The summed E-state index contributed by atoms with van der Waals surface area (Å²) in [7, 11) is 1.68. The van der Waals surface area contributed by atoms with Crippen LogP contribution in [0.3, 0.4) is 0 Å². The summed E-state index contributed by atoms with van der Waals surface area (Å²) in [5.41, 5.74) is 5.32. The van der Waals surface area contributed by atoms with Crippen LogP contribution in [0.25, 0.3) is 0 Å². The largest absolute Gasteiger partial charge is 0.416 e. The molecule has 0 spiro atoms. The zero-order valence-electron chi connectivity index (χ0n) is 11.3. The molecular weight excluding hydrogens is 303 g/mol. The summed E-state index contributed by atoms with van der Waals surface area (Å²) in [6.45, 7) is 1.11. The zero-order valence-corrected chi connectivity index (χ0v) is 12.1. The third kappa shape index (κ3) is 3.26. The van der Waals surface area contributed by atoms with Crippen molar-refractivity contribution in [2.45, 2.75) is 6.18 Å². The van der Waals surface area contributed by atoms with Gasteiger partial charge in [0.25, 0.3) is 0 Å². The number of likely N-dealkylation sites (N-methyl/N-ethyl adjacent to an activating group) is 1. The number of hydrogen-bond acceptors (Lipinski definition) is 3. The predicted octanol–water partition coefficient (Wildman–Crippen LogP) is 1.62. The van der Waals surface area contributed by atoms with E-state index in [2.05, 4.69) is 0 Å². The van der Waals surface area contributed by atoms with Gasteiger partial charge in [0.15, 0.2) is 0 Å². The van der Waals surface area contributed by atoms with Crippen LogP contribution in [0.15, 0.2) is 18.2 Å². The number of amides is 1. The summed E-state index contributed by atoms with van der Waals surface area (Å²) in [6, 6.07) is 3.22. The van der Waals surface area contributed by atoms with Crippen LogP contribution in [0.1, 0.15) is 11.1 Å². The maximum atomic E-state index is 12.8. The first-order valence-corrected chi connectivity index (χ1v) is 6.61. The van der Waals surface area contributed by atoms with E-state index in [4.69, 9.17) is 18.0 Å². The van der Waals surface area contributed by atoms with Crippen LogP contribution < -0.4 is 10.6 Å². The molecule has 1 heterocycles. The smallest absolute Gasteiger partial charge is 0.389 e. The van der Waals surface area contributed by atoms with Gasteiger partial charge in [-0.2, -0.15) is 13.2 Å². The molecule has 0 bridgehead atoms. The Balaban J connectivity index is 2.40. The molecule has 8 heteroatoms. The lowest BCUT2D eigenvalue weighted by Crippen LogP contribution is -2.49. The SMILES string of the molecule is CN1CCN(c2ccc(C(F)(F)F)cc2C(N)=S)CC1=O. The second-order valence-corrected chi connectivity index (χ2v) is 5.27. The van der Waals surface area contributed by atoms with Crippen LogP contribution in [-0.4, -0.2) is 42.5 Å². The molecular formula is C13H14F3N3OS. The highest BCUT2D eigenvalue weighted by atomic mass is 32.1. The molecule has 1 amide bonds. The van der Waals surface area contributed by atoms with E-state index in [1.807, 2.05) is 0 Å². The highest BCUT2D eigenvalue weighted by molar-refractivity contribution is 7.80. The highest BCUT2D eigenvalue weighted by Crippen LogP contribution is 2.33. The third-order valence-electron chi connectivity index (χ3n) is 3.39. The molecule has 21 heavy (non-hydrogen) atoms. The highest BCUT2D eigenvalue weighted by Gasteiger charge is 2.32. The molecule has 1 aromatic rings. The number of halogens is 3. The molecule has 0 saturated carbocycles. The number of nitrogens with zero attached hydrogens (tertiary/aromatic N) is 2. The quantitative estimate of drug-likeness (QED) is 0.842. The molecule has 0 aromatic heterocycles. The van der Waals surface area contributed by atoms with E-state index in [-0.39, 0.29) is 23.0 Å². The minimum Gasteiger partial charge on any atom is -0.389 e. The van der Waals surface area contributed by atoms with Crippen LogP contribution in [0.2, 0.25) is 0 Å². The fourth-order valence-electron chi connectivity index (χ4n) is 2.15. The number of hydrogen-bond donors (Lipinski definition) is 1. The molecule has 1 saturated heterocycles. The standard InChI is InChI=1S/C13H14F3N3OS/c1-18-4-5-19(7-11(18)20)10-3-2-8(13(14,15)16)6-9(10)12(17)21/h2-3,6H,4-5,7H2,1H3,(H2,17,21). The topological polar surface area (TPSA) is 49.6 Å². The molecule has 4 nitrogen and oxygen atoms in total. The van der Waals surface area contributed by atoms with Crippen LogP contribution in [0, 0.1) is 0 Å². The lowest BCUT2D eigenvalue weighted by Gasteiger charge is -2.34. The number of anilines is 1. The number of carbonyl (C=O) groups excluding carboxylic acids is 1. The Kier molecular flexibility index (Phi) is 4.08. The Hall–Kier alpha value is -1.83. The summed E-state index contributed by atoms with van der Waals surface area (Å²) in [4.78, 5) is 14.9. The normalized spacial score (nSPS) is 16.3. The number of benzene rings is 1. The van der Waals surface area contributed by atoms with E-state index in [1.165, 1.54) is 6.07 Å². The average molecular weight is 317 g/mol. The molecule has 0 aliphatic carbocycles. The Morgan fingerprint density at radius 1 is 1.33 bits per heavy atom. The Morgan fingerprint density at radius 2 is 2.00 bits per heavy atom. The molecule has 0 radical (unpaired) electrons. The molecule has 0 atom stereocenters. The molecule has 0 unspecified atom stereocenters. The van der Waals surface area contributed by atoms with Gasteiger partial charge in [-0.05, 0) is 18.2 Å². The lowest BCUT2D eigenvalue weighted by molar-refractivity contribution is -0.137. The van der Waals surface area contributed by atoms with Crippen molar-refractivity contribution in [1.29, 1.82) is 0 Å². The number of alkyl halides is 3. The van der Waals surface area contributed by atoms with E-state index < -0.39 is 11.7 Å². The fourth-order valence-corrected chi connectivity index (χ4v) is 2.31. The Morgan fingerprint density at radius 3 is 2.52 bits per heavy atom. The second kappa shape index (κ2) is 5.51. The van der Waals surface area contributed by atoms with Crippen molar-refractivity contribution in [2.75, 3.05) is 31.6 Å². The predicted molar refractivity (Wildman–Crippen MR) is 77.2 cm³/mol. The summed E-state index contributed by atoms with van der Waals surface area (Å²) in [5.74, 6) is -0.102. The van der Waals surface area contributed by atoms with Gasteiger partial charge < -0.3 is 15.5 Å². The second-order valence-electron chi connectivity index (χ2n) is 4.83. The first kappa shape index (κ1) is 15.6. The van der Waals surface area contributed by atoms with Crippen LogP contribution in [-0.2, 0) is 11.0 Å². The van der Waals surface area contributed by atoms with Gasteiger partial charge >= 0.3 is 6.18 Å². The van der Waals surface area contributed by atoms with Gasteiger partial charge in [-0.1, -0.05) is 12.2 Å². The van der Waals surface area contributed by atoms with Gasteiger partial charge in [0.2, 0.25) is 5.91 Å². The van der Waals surface area contributed by atoms with Gasteiger partial charge in [-0.3, -0.25) is 4.79 Å². The minimum atomic E-state index is -4.46. The Labute approximate surface area is 125 Å². The third-order valence-corrected chi connectivity index (χ3v) is 3.61. The minimum absolute atomic E-state index is 0.0947. The van der Waals surface area contributed by atoms with E-state index in [0.717, 1.165) is 12.1 Å². The Bertz CT molecular complexity index is 589. The van der Waals surface area contributed by atoms with Gasteiger partial charge in [-0.25, -0.2) is 0 Å². The van der Waals surface area contributed by atoms with E-state index in [9.17, 15) is 18.0 Å². The molecule has 2 N–H and O–H groups in total. The van der Waals surface area contributed by atoms with Crippen LogP contribution >= 0.6 is 12.2 Å². The van der Waals surface area contributed by atoms with E-state index in [1.54, 1.807) is 16.8 Å². The van der Waals surface area contributed by atoms with Gasteiger partial charge in [0.1, 0.15) is 4.99 Å². The van der Waals surface area contributed by atoms with E-state index >= 15 is 0 Å². The molecule has 1 fully saturated rings. The van der Waals surface area contributed by atoms with Crippen LogP contribution in [0.5, 0.6) is 0 Å². The first-order chi connectivity index (χ1) is 9.70. The molecule has 2 rings (SSSR count). The fraction of sp³-hybridized carbons (Fsp3) is 0.385. The maximum absolute atomic E-state index is 12.8. The van der Waals surface area contributed by atoms with E-state index in [0.29, 0.717) is 18.8 Å². The summed E-state index contributed by atoms with van der Waals surface area (Å²) < 4.78 is 38.3. The van der Waals surface area contributed by atoms with Crippen molar-refractivity contribution in [3.8, 4) is 0 Å². The zero-order chi connectivity index (χ0) is 15.8. The summed E-state index contributed by atoms with van der Waals surface area (Å²) in [6.07, 6.45) is -4.46. The molecule has 1 aliphatic heterocycles. The number of thiocarbonyl (C=S) groups is 1. The number of nitrogens with two attached hydrogens (primary N) is 1. The van der Waals surface area contributed by atoms with Crippen molar-refractivity contribution in [1.82, 2.24) is 4.90 Å². The van der Waals surface area contributed by atoms with Crippen molar-refractivity contribution in [3.05, 3.63) is 29.3 Å². The van der Waals surface area contributed by atoms with Crippen molar-refractivity contribution >= 4 is 28.8 Å². The summed E-state index contributed by atoms with van der Waals surface area (Å²) >= 11 is 4.84. The summed E-state index contributed by atoms with van der Waals surface area (Å²) in [5, 5.41) is 0. The maximum Gasteiger partial charge on any atom is 0.416 e. The van der Waals surface area contributed by atoms with Crippen molar-refractivity contribution < 1.29 is 18.0 Å². The number of piperazine rings is 1. The first-order valence-electron chi connectivity index (χ1n) is 6.20. The number of rotatable bonds is 2. The van der Waals surface area contributed by atoms with Gasteiger partial charge in [0, 0.05) is 31.4 Å². The number of carbonyl (C=O) groups is 1. The lowest BCUT2D eigenvalue weighted by atomic mass is 10.1. The van der Waals surface area contributed by atoms with Gasteiger partial charge in [0.05, 0.1) is 12.1 Å². The molecule has 1 aromatic carbocycles. The van der Waals surface area contributed by atoms with Crippen molar-refractivity contribution in [3.63, 3.8) is 0 Å². The molecule has 114 valence electrons.